The van der Waals surface area contributed by atoms with E-state index in [1.165, 1.54) is 12.1 Å². The first-order valence-corrected chi connectivity index (χ1v) is 8.20. The number of aromatic carboxylic acids is 1. The number of anilines is 1. The number of aliphatic imine (C=N–C) groups is 1. The summed E-state index contributed by atoms with van der Waals surface area (Å²) in [6.45, 7) is 0. The Kier molecular flexibility index (Phi) is 3.86. The number of fused-ring (bicyclic) bond motifs is 2. The van der Waals surface area contributed by atoms with Gasteiger partial charge in [-0.1, -0.05) is 48.5 Å². The Balaban J connectivity index is 1.91. The number of nitrogens with zero attached hydrogens (tertiary/aromatic N) is 1. The van der Waals surface area contributed by atoms with Crippen LogP contribution in [0.4, 0.5) is 11.4 Å². The zero-order valence-corrected chi connectivity index (χ0v) is 13.9. The van der Waals surface area contributed by atoms with Crippen molar-refractivity contribution in [3.63, 3.8) is 0 Å². The van der Waals surface area contributed by atoms with Crippen LogP contribution in [0.15, 0.2) is 77.8 Å². The Morgan fingerprint density at radius 2 is 1.50 bits per heavy atom. The van der Waals surface area contributed by atoms with Gasteiger partial charge in [-0.25, -0.2) is 4.79 Å². The topological polar surface area (TPSA) is 75.7 Å². The smallest absolute Gasteiger partial charge is 0.335 e. The summed E-state index contributed by atoms with van der Waals surface area (Å²) in [7, 11) is 0. The minimum absolute atomic E-state index is 0.125. The molecule has 4 heteroatoms. The van der Waals surface area contributed by atoms with Gasteiger partial charge in [-0.05, 0) is 45.8 Å². The number of nitrogen functional groups attached to an aromatic ring is 1. The largest absolute Gasteiger partial charge is 0.478 e. The van der Waals surface area contributed by atoms with Crippen LogP contribution in [-0.2, 0) is 0 Å². The highest BCUT2D eigenvalue weighted by molar-refractivity contribution is 6.13. The average molecular weight is 340 g/mol. The molecule has 0 fully saturated rings. The van der Waals surface area contributed by atoms with Crippen molar-refractivity contribution < 1.29 is 9.90 Å². The molecular weight excluding hydrogens is 324 g/mol. The van der Waals surface area contributed by atoms with Crippen LogP contribution in [0.25, 0.3) is 21.5 Å². The maximum atomic E-state index is 11.2. The number of hydrogen-bond donors (Lipinski definition) is 2. The van der Waals surface area contributed by atoms with E-state index in [4.69, 9.17) is 5.73 Å². The molecule has 4 rings (SSSR count). The van der Waals surface area contributed by atoms with Crippen LogP contribution in [0.3, 0.4) is 0 Å². The zero-order valence-electron chi connectivity index (χ0n) is 13.9. The van der Waals surface area contributed by atoms with Gasteiger partial charge in [0.2, 0.25) is 0 Å². The molecule has 4 aromatic carbocycles. The predicted octanol–water partition coefficient (Wildman–Crippen LogP) is 5.02. The fraction of sp³-hybridized carbons (Fsp3) is 0. The Morgan fingerprint density at radius 1 is 0.885 bits per heavy atom. The second-order valence-corrected chi connectivity index (χ2v) is 6.11. The summed E-state index contributed by atoms with van der Waals surface area (Å²) in [5.41, 5.74) is 7.82. The molecule has 0 amide bonds. The van der Waals surface area contributed by atoms with E-state index < -0.39 is 5.97 Å². The lowest BCUT2D eigenvalue weighted by Crippen LogP contribution is -1.97. The molecule has 4 aromatic rings. The van der Waals surface area contributed by atoms with Crippen LogP contribution in [0.2, 0.25) is 0 Å². The number of benzene rings is 4. The van der Waals surface area contributed by atoms with Crippen molar-refractivity contribution in [2.75, 3.05) is 5.73 Å². The third-order valence-corrected chi connectivity index (χ3v) is 4.34. The molecule has 26 heavy (non-hydrogen) atoms. The predicted molar refractivity (Wildman–Crippen MR) is 107 cm³/mol. The molecule has 0 saturated heterocycles. The van der Waals surface area contributed by atoms with Gasteiger partial charge >= 0.3 is 5.97 Å². The van der Waals surface area contributed by atoms with Gasteiger partial charge in [-0.3, -0.25) is 4.99 Å². The van der Waals surface area contributed by atoms with E-state index in [0.717, 1.165) is 27.1 Å². The van der Waals surface area contributed by atoms with E-state index in [2.05, 4.69) is 35.3 Å². The van der Waals surface area contributed by atoms with Gasteiger partial charge in [0, 0.05) is 17.5 Å². The fourth-order valence-corrected chi connectivity index (χ4v) is 3.16. The second-order valence-electron chi connectivity index (χ2n) is 6.11. The highest BCUT2D eigenvalue weighted by Crippen LogP contribution is 2.28. The molecule has 0 saturated carbocycles. The summed E-state index contributed by atoms with van der Waals surface area (Å²) < 4.78 is 0. The van der Waals surface area contributed by atoms with Crippen molar-refractivity contribution in [3.8, 4) is 0 Å². The highest BCUT2D eigenvalue weighted by atomic mass is 16.4. The van der Waals surface area contributed by atoms with Crippen molar-refractivity contribution in [2.24, 2.45) is 4.99 Å². The van der Waals surface area contributed by atoms with Crippen molar-refractivity contribution in [2.45, 2.75) is 0 Å². The van der Waals surface area contributed by atoms with E-state index in [-0.39, 0.29) is 5.56 Å². The summed E-state index contributed by atoms with van der Waals surface area (Å²) in [6, 6.07) is 23.0. The molecule has 0 aliphatic carbocycles. The van der Waals surface area contributed by atoms with Crippen molar-refractivity contribution in [1.82, 2.24) is 0 Å². The van der Waals surface area contributed by atoms with Gasteiger partial charge in [0.25, 0.3) is 0 Å². The van der Waals surface area contributed by atoms with E-state index >= 15 is 0 Å². The minimum atomic E-state index is -1.02. The maximum Gasteiger partial charge on any atom is 0.335 e. The first-order valence-electron chi connectivity index (χ1n) is 8.20. The molecule has 0 heterocycles. The summed E-state index contributed by atoms with van der Waals surface area (Å²) in [5, 5.41) is 13.6. The van der Waals surface area contributed by atoms with Crippen LogP contribution < -0.4 is 5.73 Å². The Morgan fingerprint density at radius 3 is 2.12 bits per heavy atom. The SMILES string of the molecule is Nc1cc(N=Cc2c3ccccc3cc3ccccc23)cc(C(=O)O)c1. The molecule has 0 atom stereocenters. The maximum absolute atomic E-state index is 11.2. The fourth-order valence-electron chi connectivity index (χ4n) is 3.16. The third-order valence-electron chi connectivity index (χ3n) is 4.34. The van der Waals surface area contributed by atoms with Crippen molar-refractivity contribution in [1.29, 1.82) is 0 Å². The first kappa shape index (κ1) is 15.8. The zero-order chi connectivity index (χ0) is 18.1. The van der Waals surface area contributed by atoms with Crippen LogP contribution in [0, 0.1) is 0 Å². The lowest BCUT2D eigenvalue weighted by atomic mass is 9.97. The molecule has 0 bridgehead atoms. The number of rotatable bonds is 3. The van der Waals surface area contributed by atoms with Crippen LogP contribution >= 0.6 is 0 Å². The first-order chi connectivity index (χ1) is 12.6. The Hall–Kier alpha value is -3.66. The van der Waals surface area contributed by atoms with E-state index in [1.807, 2.05) is 24.3 Å². The number of nitrogens with two attached hydrogens (primary N) is 1. The van der Waals surface area contributed by atoms with Gasteiger partial charge in [0.15, 0.2) is 0 Å². The Bertz CT molecular complexity index is 1130. The monoisotopic (exact) mass is 340 g/mol. The molecule has 3 N–H and O–H groups in total. The van der Waals surface area contributed by atoms with Crippen LogP contribution in [0.5, 0.6) is 0 Å². The molecule has 4 nitrogen and oxygen atoms in total. The van der Waals surface area contributed by atoms with Crippen LogP contribution in [0.1, 0.15) is 15.9 Å². The molecule has 126 valence electrons. The lowest BCUT2D eigenvalue weighted by Gasteiger charge is -2.08. The molecule has 0 spiro atoms. The summed E-state index contributed by atoms with van der Waals surface area (Å²) in [6.07, 6.45) is 1.78. The summed E-state index contributed by atoms with van der Waals surface area (Å²) >= 11 is 0. The van der Waals surface area contributed by atoms with E-state index in [0.29, 0.717) is 11.4 Å². The van der Waals surface area contributed by atoms with Crippen molar-refractivity contribution >= 4 is 45.1 Å². The summed E-state index contributed by atoms with van der Waals surface area (Å²) in [5.74, 6) is -1.02. The highest BCUT2D eigenvalue weighted by Gasteiger charge is 2.07. The quantitative estimate of drug-likeness (QED) is 0.312. The number of carboxylic acids is 1. The molecule has 0 radical (unpaired) electrons. The van der Waals surface area contributed by atoms with Crippen molar-refractivity contribution in [3.05, 3.63) is 83.9 Å². The van der Waals surface area contributed by atoms with Gasteiger partial charge in [-0.2, -0.15) is 0 Å². The molecule has 0 aromatic heterocycles. The molecule has 0 aliphatic rings. The van der Waals surface area contributed by atoms with Gasteiger partial charge in [-0.15, -0.1) is 0 Å². The molecular formula is C22H16N2O2. The average Bonchev–Trinajstić information content (AvgIpc) is 2.64. The van der Waals surface area contributed by atoms with Gasteiger partial charge < -0.3 is 10.8 Å². The lowest BCUT2D eigenvalue weighted by molar-refractivity contribution is 0.0697. The second kappa shape index (κ2) is 6.33. The number of hydrogen-bond acceptors (Lipinski definition) is 3. The van der Waals surface area contributed by atoms with Crippen LogP contribution in [-0.4, -0.2) is 17.3 Å². The Labute approximate surface area is 150 Å². The normalized spacial score (nSPS) is 11.4. The van der Waals surface area contributed by atoms with Gasteiger partial charge in [0.05, 0.1) is 11.3 Å². The summed E-state index contributed by atoms with van der Waals surface area (Å²) in [4.78, 5) is 15.7. The minimum Gasteiger partial charge on any atom is -0.478 e. The third kappa shape index (κ3) is 2.89. The molecule has 0 aliphatic heterocycles. The molecule has 0 unspecified atom stereocenters. The standard InChI is InChI=1S/C22H16N2O2/c23-17-10-16(22(25)26)11-18(12-17)24-13-21-19-7-3-1-5-14(19)9-15-6-2-4-8-20(15)21/h1-13H,23H2,(H,25,26). The van der Waals surface area contributed by atoms with E-state index in [1.54, 1.807) is 12.3 Å². The number of carboxylic acid groups (broad SMARTS) is 1. The van der Waals surface area contributed by atoms with Gasteiger partial charge in [0.1, 0.15) is 0 Å². The number of carbonyl (C=O) groups is 1. The van der Waals surface area contributed by atoms with E-state index in [9.17, 15) is 9.90 Å².